The number of hydrogen-bond acceptors (Lipinski definition) is 6. The molecule has 0 N–H and O–H groups in total. The molecule has 1 saturated heterocycles. The Morgan fingerprint density at radius 3 is 2.84 bits per heavy atom. The Hall–Kier alpha value is -3.38. The summed E-state index contributed by atoms with van der Waals surface area (Å²) in [5, 5.41) is 15.1. The molecule has 3 aromatic heterocycles. The summed E-state index contributed by atoms with van der Waals surface area (Å²) in [7, 11) is 0. The molecule has 5 rings (SSSR count). The predicted octanol–water partition coefficient (Wildman–Crippen LogP) is 4.77. The van der Waals surface area contributed by atoms with Crippen LogP contribution in [0.25, 0.3) is 16.7 Å². The molecule has 0 saturated carbocycles. The number of halogens is 3. The van der Waals surface area contributed by atoms with Gasteiger partial charge in [-0.15, -0.1) is 0 Å². The first-order valence-electron chi connectivity index (χ1n) is 10.2. The Labute approximate surface area is 187 Å². The highest BCUT2D eigenvalue weighted by Gasteiger charge is 2.32. The minimum atomic E-state index is -2.70. The summed E-state index contributed by atoms with van der Waals surface area (Å²) in [6, 6.07) is 10.7. The summed E-state index contributed by atoms with van der Waals surface area (Å²) < 4.78 is 28.5. The molecular weight excluding hydrogens is 436 g/mol. The van der Waals surface area contributed by atoms with Crippen LogP contribution < -0.4 is 4.90 Å². The molecule has 0 aliphatic carbocycles. The van der Waals surface area contributed by atoms with Crippen molar-refractivity contribution in [2.24, 2.45) is 5.92 Å². The van der Waals surface area contributed by atoms with Crippen LogP contribution >= 0.6 is 11.6 Å². The Balaban J connectivity index is 1.56. The van der Waals surface area contributed by atoms with Crippen molar-refractivity contribution >= 4 is 34.1 Å². The molecule has 0 bridgehead atoms. The monoisotopic (exact) mass is 453 g/mol. The Bertz CT molecular complexity index is 1360. The molecule has 162 valence electrons. The van der Waals surface area contributed by atoms with Gasteiger partial charge in [-0.05, 0) is 42.7 Å². The molecule has 0 spiro atoms. The third-order valence-corrected chi connectivity index (χ3v) is 6.30. The highest BCUT2D eigenvalue weighted by molar-refractivity contribution is 6.31. The zero-order valence-electron chi connectivity index (χ0n) is 17.1. The fraction of sp³-hybridized carbons (Fsp3) is 0.318. The lowest BCUT2D eigenvalue weighted by molar-refractivity contribution is 0.146. The van der Waals surface area contributed by atoms with Crippen molar-refractivity contribution in [1.29, 1.82) is 5.26 Å². The molecule has 0 amide bonds. The van der Waals surface area contributed by atoms with Gasteiger partial charge in [0.25, 0.3) is 12.2 Å². The molecule has 32 heavy (non-hydrogen) atoms. The highest BCUT2D eigenvalue weighted by Crippen LogP contribution is 2.36. The van der Waals surface area contributed by atoms with Gasteiger partial charge in [0.1, 0.15) is 17.8 Å². The molecule has 0 radical (unpaired) electrons. The van der Waals surface area contributed by atoms with E-state index >= 15 is 0 Å². The maximum Gasteiger partial charge on any atom is 0.280 e. The molecule has 1 fully saturated rings. The van der Waals surface area contributed by atoms with Gasteiger partial charge in [-0.3, -0.25) is 0 Å². The zero-order chi connectivity index (χ0) is 22.4. The van der Waals surface area contributed by atoms with E-state index in [1.54, 1.807) is 24.3 Å². The number of nitriles is 1. The number of nitrogens with zero attached hydrogens (tertiary/aromatic N) is 7. The SMILES string of the molecule is C[C@@H]1CCN(c2cc(C#N)c3cc(Cl)ccc3n2)C[C@H]1c1cc(C(F)F)nc2ncnn12. The number of aromatic nitrogens is 5. The van der Waals surface area contributed by atoms with Gasteiger partial charge in [-0.25, -0.2) is 23.3 Å². The van der Waals surface area contributed by atoms with E-state index in [0.717, 1.165) is 13.0 Å². The number of hydrogen-bond donors (Lipinski definition) is 0. The summed E-state index contributed by atoms with van der Waals surface area (Å²) in [5.41, 5.74) is 1.51. The number of benzene rings is 1. The maximum absolute atomic E-state index is 13.5. The van der Waals surface area contributed by atoms with E-state index in [2.05, 4.69) is 33.0 Å². The Morgan fingerprint density at radius 1 is 1.22 bits per heavy atom. The number of anilines is 1. The second-order valence-corrected chi connectivity index (χ2v) is 8.43. The van der Waals surface area contributed by atoms with Crippen molar-refractivity contribution in [3.8, 4) is 6.07 Å². The van der Waals surface area contributed by atoms with E-state index in [0.29, 0.717) is 39.5 Å². The number of alkyl halides is 2. The topological polar surface area (TPSA) is 83.0 Å². The van der Waals surface area contributed by atoms with E-state index in [9.17, 15) is 14.0 Å². The Kier molecular flexibility index (Phi) is 5.10. The highest BCUT2D eigenvalue weighted by atomic mass is 35.5. The predicted molar refractivity (Wildman–Crippen MR) is 116 cm³/mol. The van der Waals surface area contributed by atoms with E-state index in [1.807, 2.05) is 0 Å². The normalized spacial score (nSPS) is 19.1. The van der Waals surface area contributed by atoms with Crippen LogP contribution in [0, 0.1) is 17.2 Å². The fourth-order valence-electron chi connectivity index (χ4n) is 4.33. The molecule has 10 heteroatoms. The second kappa shape index (κ2) is 7.95. The van der Waals surface area contributed by atoms with Crippen LogP contribution in [0.4, 0.5) is 14.6 Å². The van der Waals surface area contributed by atoms with Crippen molar-refractivity contribution in [3.05, 3.63) is 58.6 Å². The summed E-state index contributed by atoms with van der Waals surface area (Å²) in [5.74, 6) is 0.962. The van der Waals surface area contributed by atoms with Crippen molar-refractivity contribution in [3.63, 3.8) is 0 Å². The van der Waals surface area contributed by atoms with Crippen molar-refractivity contribution in [2.45, 2.75) is 25.7 Å². The van der Waals surface area contributed by atoms with Crippen LogP contribution in [0.15, 0.2) is 36.7 Å². The lowest BCUT2D eigenvalue weighted by Gasteiger charge is -2.38. The summed E-state index contributed by atoms with van der Waals surface area (Å²) >= 11 is 6.09. The van der Waals surface area contributed by atoms with Gasteiger partial charge in [-0.1, -0.05) is 18.5 Å². The van der Waals surface area contributed by atoms with Crippen LogP contribution in [0.5, 0.6) is 0 Å². The zero-order valence-corrected chi connectivity index (χ0v) is 17.8. The molecule has 0 unspecified atom stereocenters. The van der Waals surface area contributed by atoms with E-state index in [1.165, 1.54) is 16.9 Å². The largest absolute Gasteiger partial charge is 0.356 e. The van der Waals surface area contributed by atoms with Crippen LogP contribution in [-0.2, 0) is 0 Å². The molecule has 1 aromatic carbocycles. The quantitative estimate of drug-likeness (QED) is 0.444. The maximum atomic E-state index is 13.5. The van der Waals surface area contributed by atoms with Gasteiger partial charge in [0.05, 0.1) is 22.8 Å². The van der Waals surface area contributed by atoms with Crippen LogP contribution in [0.2, 0.25) is 5.02 Å². The molecule has 4 aromatic rings. The van der Waals surface area contributed by atoms with E-state index in [-0.39, 0.29) is 23.3 Å². The number of rotatable bonds is 3. The number of piperidine rings is 1. The first-order valence-corrected chi connectivity index (χ1v) is 10.6. The number of fused-ring (bicyclic) bond motifs is 2. The van der Waals surface area contributed by atoms with Gasteiger partial charge < -0.3 is 4.90 Å². The summed E-state index contributed by atoms with van der Waals surface area (Å²) in [6.45, 7) is 3.38. The van der Waals surface area contributed by atoms with Gasteiger partial charge in [0.2, 0.25) is 0 Å². The third kappa shape index (κ3) is 3.50. The molecule has 1 aliphatic heterocycles. The van der Waals surface area contributed by atoms with Gasteiger partial charge in [0.15, 0.2) is 0 Å². The third-order valence-electron chi connectivity index (χ3n) is 6.06. The summed E-state index contributed by atoms with van der Waals surface area (Å²) in [4.78, 5) is 14.8. The average molecular weight is 454 g/mol. The second-order valence-electron chi connectivity index (χ2n) is 8.00. The average Bonchev–Trinajstić information content (AvgIpc) is 3.27. The van der Waals surface area contributed by atoms with Crippen LogP contribution in [0.1, 0.15) is 42.6 Å². The fourth-order valence-corrected chi connectivity index (χ4v) is 4.50. The molecule has 2 atom stereocenters. The molecular formula is C22H18ClF2N7. The van der Waals surface area contributed by atoms with Crippen LogP contribution in [0.3, 0.4) is 0 Å². The lowest BCUT2D eigenvalue weighted by atomic mass is 9.84. The van der Waals surface area contributed by atoms with E-state index < -0.39 is 6.43 Å². The minimum absolute atomic E-state index is 0.0956. The lowest BCUT2D eigenvalue weighted by Crippen LogP contribution is -2.39. The van der Waals surface area contributed by atoms with Crippen molar-refractivity contribution in [2.75, 3.05) is 18.0 Å². The minimum Gasteiger partial charge on any atom is -0.356 e. The van der Waals surface area contributed by atoms with Gasteiger partial charge in [0, 0.05) is 29.4 Å². The van der Waals surface area contributed by atoms with Crippen molar-refractivity contribution in [1.82, 2.24) is 24.6 Å². The first kappa shape index (κ1) is 20.5. The first-order chi connectivity index (χ1) is 15.4. The molecule has 7 nitrogen and oxygen atoms in total. The number of pyridine rings is 1. The molecule has 4 heterocycles. The summed E-state index contributed by atoms with van der Waals surface area (Å²) in [6.07, 6.45) is -0.547. The van der Waals surface area contributed by atoms with Crippen molar-refractivity contribution < 1.29 is 8.78 Å². The smallest absolute Gasteiger partial charge is 0.280 e. The van der Waals surface area contributed by atoms with Gasteiger partial charge in [-0.2, -0.15) is 15.3 Å². The van der Waals surface area contributed by atoms with E-state index in [4.69, 9.17) is 16.6 Å². The standard InChI is InChI=1S/C22H18ClF2N7/c1-12-4-5-31(20-6-13(9-26)15-7-14(23)2-3-17(15)29-20)10-16(12)19-8-18(21(24)25)30-22-27-11-28-32(19)22/h2-3,6-8,11-12,16,21H,4-5,10H2,1H3/t12-,16-/m1/s1. The Morgan fingerprint density at radius 2 is 2.06 bits per heavy atom. The van der Waals surface area contributed by atoms with Crippen LogP contribution in [-0.4, -0.2) is 37.7 Å². The molecule has 1 aliphatic rings. The van der Waals surface area contributed by atoms with Gasteiger partial charge >= 0.3 is 0 Å².